The number of carbonyl (C=O) groups excluding carboxylic acids is 4. The second-order valence-corrected chi connectivity index (χ2v) is 13.0. The Balaban J connectivity index is -0.000000127. The molecule has 0 spiro atoms. The van der Waals surface area contributed by atoms with Crippen LogP contribution < -0.4 is 20.4 Å². The molecule has 0 fully saturated rings. The minimum Gasteiger partial charge on any atom is -0.550 e. The molecule has 0 radical (unpaired) electrons. The molecule has 0 amide bonds. The average molecular weight is 749 g/mol. The van der Waals surface area contributed by atoms with Gasteiger partial charge in [0.05, 0.1) is 0 Å². The van der Waals surface area contributed by atoms with Crippen molar-refractivity contribution in [3.8, 4) is 0 Å². The first-order valence-corrected chi connectivity index (χ1v) is 19.9. The van der Waals surface area contributed by atoms with Crippen molar-refractivity contribution in [1.82, 2.24) is 0 Å². The van der Waals surface area contributed by atoms with Gasteiger partial charge in [-0.2, -0.15) is 0 Å². The van der Waals surface area contributed by atoms with Gasteiger partial charge in [0.15, 0.2) is 0 Å². The topological polar surface area (TPSA) is 161 Å². The summed E-state index contributed by atoms with van der Waals surface area (Å²) < 4.78 is 0. The first kappa shape index (κ1) is 61.9. The van der Waals surface area contributed by atoms with Crippen LogP contribution in [0.15, 0.2) is 0 Å². The third-order valence-electron chi connectivity index (χ3n) is 7.94. The van der Waals surface area contributed by atoms with E-state index in [4.69, 9.17) is 0 Å². The van der Waals surface area contributed by atoms with Crippen molar-refractivity contribution in [3.05, 3.63) is 0 Å². The number of unbranched alkanes of at least 4 members (excludes halogenated alkanes) is 24. The SMILES string of the molecule is CCCCCCCCCC(=O)[O-].CCCCCCCCCC(=O)[O-].CCCCCCCCCC(=O)[O-].CCCCCCCCCC(=O)[O-].[Ca+2].[Mg+2]. The number of carboxylic acid groups (broad SMARTS) is 4. The molecule has 288 valence electrons. The summed E-state index contributed by atoms with van der Waals surface area (Å²) in [6.45, 7) is 8.76. The first-order valence-electron chi connectivity index (χ1n) is 19.9. The van der Waals surface area contributed by atoms with E-state index in [2.05, 4.69) is 27.7 Å². The number of carbonyl (C=O) groups is 4. The summed E-state index contributed by atoms with van der Waals surface area (Å²) in [6, 6.07) is 0. The van der Waals surface area contributed by atoms with Crippen LogP contribution in [0, 0.1) is 0 Å². The number of rotatable bonds is 32. The van der Waals surface area contributed by atoms with E-state index < -0.39 is 23.9 Å². The van der Waals surface area contributed by atoms with Crippen molar-refractivity contribution < 1.29 is 39.6 Å². The molecule has 50 heavy (non-hydrogen) atoms. The molecule has 0 rings (SSSR count). The maximum atomic E-state index is 10.0. The summed E-state index contributed by atoms with van der Waals surface area (Å²) in [5, 5.41) is 40.1. The van der Waals surface area contributed by atoms with Crippen molar-refractivity contribution in [1.29, 1.82) is 0 Å². The second kappa shape index (κ2) is 58.2. The van der Waals surface area contributed by atoms with E-state index in [-0.39, 0.29) is 86.5 Å². The summed E-state index contributed by atoms with van der Waals surface area (Å²) in [6.07, 6.45) is 33.4. The Kier molecular flexibility index (Phi) is 72.1. The van der Waals surface area contributed by atoms with E-state index in [9.17, 15) is 39.6 Å². The fourth-order valence-electron chi connectivity index (χ4n) is 4.91. The van der Waals surface area contributed by atoms with E-state index in [0.29, 0.717) is 0 Å². The summed E-state index contributed by atoms with van der Waals surface area (Å²) in [5.74, 6) is -3.65. The van der Waals surface area contributed by atoms with Gasteiger partial charge in [-0.05, 0) is 51.4 Å². The predicted molar refractivity (Wildman–Crippen MR) is 202 cm³/mol. The van der Waals surface area contributed by atoms with Crippen molar-refractivity contribution in [3.63, 3.8) is 0 Å². The molecule has 0 saturated heterocycles. The molecule has 0 saturated carbocycles. The molecule has 0 bridgehead atoms. The molecule has 0 aliphatic heterocycles. The fraction of sp³-hybridized carbons (Fsp3) is 0.900. The molecule has 10 heteroatoms. The normalized spacial score (nSPS) is 9.68. The molecule has 0 aromatic heterocycles. The van der Waals surface area contributed by atoms with Crippen molar-refractivity contribution in [2.24, 2.45) is 0 Å². The minimum atomic E-state index is -0.913. The summed E-state index contributed by atoms with van der Waals surface area (Å²) in [4.78, 5) is 40.1. The van der Waals surface area contributed by atoms with Crippen molar-refractivity contribution in [2.75, 3.05) is 0 Å². The van der Waals surface area contributed by atoms with Crippen LogP contribution >= 0.6 is 0 Å². The Bertz CT molecular complexity index is 568. The molecule has 0 heterocycles. The minimum absolute atomic E-state index is 0. The summed E-state index contributed by atoms with van der Waals surface area (Å²) >= 11 is 0. The molecule has 0 aliphatic carbocycles. The standard InChI is InChI=1S/4C10H20O2.Ca.Mg/c4*1-2-3-4-5-6-7-8-9-10(11)12;;/h4*2-9H2,1H3,(H,11,12);;/q;;;;2*+2/p-4. The van der Waals surface area contributed by atoms with Crippen molar-refractivity contribution >= 4 is 84.7 Å². The Hall–Kier alpha value is -0.0940. The molecule has 0 atom stereocenters. The van der Waals surface area contributed by atoms with Gasteiger partial charge in [-0.3, -0.25) is 0 Å². The monoisotopic (exact) mass is 749 g/mol. The maximum absolute atomic E-state index is 10.0. The fourth-order valence-corrected chi connectivity index (χ4v) is 4.91. The Morgan fingerprint density at radius 1 is 0.280 bits per heavy atom. The van der Waals surface area contributed by atoms with Crippen LogP contribution in [0.3, 0.4) is 0 Å². The van der Waals surface area contributed by atoms with Crippen LogP contribution in [0.5, 0.6) is 0 Å². The van der Waals surface area contributed by atoms with E-state index in [1.807, 2.05) is 0 Å². The molecule has 0 aromatic rings. The number of hydrogen-bond donors (Lipinski definition) is 0. The van der Waals surface area contributed by atoms with Crippen LogP contribution in [-0.4, -0.2) is 84.7 Å². The van der Waals surface area contributed by atoms with E-state index in [1.165, 1.54) is 128 Å². The van der Waals surface area contributed by atoms with Gasteiger partial charge < -0.3 is 39.6 Å². The Morgan fingerprint density at radius 2 is 0.400 bits per heavy atom. The van der Waals surface area contributed by atoms with Crippen LogP contribution in [0.25, 0.3) is 0 Å². The third kappa shape index (κ3) is 81.8. The number of carboxylic acids is 4. The van der Waals surface area contributed by atoms with Gasteiger partial charge in [-0.15, -0.1) is 0 Å². The predicted octanol–water partition coefficient (Wildman–Crippen LogP) is 6.75. The number of aliphatic carboxylic acids is 4. The maximum Gasteiger partial charge on any atom is 2.00 e. The third-order valence-corrected chi connectivity index (χ3v) is 7.94. The van der Waals surface area contributed by atoms with Crippen LogP contribution in [0.2, 0.25) is 0 Å². The van der Waals surface area contributed by atoms with Gasteiger partial charge in [0.25, 0.3) is 0 Å². The summed E-state index contributed by atoms with van der Waals surface area (Å²) in [5.41, 5.74) is 0. The van der Waals surface area contributed by atoms with Gasteiger partial charge in [-0.25, -0.2) is 0 Å². The molecule has 8 nitrogen and oxygen atoms in total. The molecule has 0 aromatic carbocycles. The zero-order valence-corrected chi connectivity index (χ0v) is 36.9. The van der Waals surface area contributed by atoms with E-state index in [0.717, 1.165) is 51.4 Å². The van der Waals surface area contributed by atoms with Gasteiger partial charge in [0.1, 0.15) is 0 Å². The van der Waals surface area contributed by atoms with Crippen LogP contribution in [0.1, 0.15) is 233 Å². The van der Waals surface area contributed by atoms with Gasteiger partial charge in [0, 0.05) is 23.9 Å². The van der Waals surface area contributed by atoms with Crippen LogP contribution in [-0.2, 0) is 19.2 Å². The van der Waals surface area contributed by atoms with Crippen molar-refractivity contribution in [2.45, 2.75) is 233 Å². The number of hydrogen-bond acceptors (Lipinski definition) is 8. The smallest absolute Gasteiger partial charge is 0.550 e. The Morgan fingerprint density at radius 3 is 0.520 bits per heavy atom. The first-order chi connectivity index (χ1) is 23.1. The molecule has 0 aliphatic rings. The average Bonchev–Trinajstić information content (AvgIpc) is 3.03. The summed E-state index contributed by atoms with van der Waals surface area (Å²) in [7, 11) is 0. The zero-order valence-electron chi connectivity index (χ0n) is 33.3. The molecule has 0 unspecified atom stereocenters. The molecule has 0 N–H and O–H groups in total. The largest absolute Gasteiger partial charge is 2.00 e. The second-order valence-electron chi connectivity index (χ2n) is 13.0. The van der Waals surface area contributed by atoms with Gasteiger partial charge >= 0.3 is 60.8 Å². The van der Waals surface area contributed by atoms with Gasteiger partial charge in [-0.1, -0.05) is 182 Å². The van der Waals surface area contributed by atoms with E-state index >= 15 is 0 Å². The van der Waals surface area contributed by atoms with Crippen LogP contribution in [0.4, 0.5) is 0 Å². The quantitative estimate of drug-likeness (QED) is 0.0540. The molecular formula is C40H76CaMgO8. The Labute approximate surface area is 354 Å². The van der Waals surface area contributed by atoms with Gasteiger partial charge in [0.2, 0.25) is 0 Å². The molecular weight excluding hydrogens is 673 g/mol. The zero-order chi connectivity index (χ0) is 36.9. The van der Waals surface area contributed by atoms with E-state index in [1.54, 1.807) is 0 Å².